The summed E-state index contributed by atoms with van der Waals surface area (Å²) in [5.41, 5.74) is 1.18. The van der Waals surface area contributed by atoms with E-state index in [9.17, 15) is 5.11 Å². The van der Waals surface area contributed by atoms with E-state index in [1.807, 2.05) is 6.07 Å². The normalized spacial score (nSPS) is 10.7. The molecular formula is C11H12O2S. The second-order valence-electron chi connectivity index (χ2n) is 3.10. The molecule has 2 nitrogen and oxygen atoms in total. The Morgan fingerprint density at radius 1 is 1.43 bits per heavy atom. The highest BCUT2D eigenvalue weighted by atomic mass is 32.1. The second kappa shape index (κ2) is 3.50. The van der Waals surface area contributed by atoms with Crippen molar-refractivity contribution in [1.82, 2.24) is 0 Å². The quantitative estimate of drug-likeness (QED) is 0.821. The van der Waals surface area contributed by atoms with Gasteiger partial charge in [0.15, 0.2) is 11.5 Å². The number of aryl methyl sites for hydroxylation is 1. The summed E-state index contributed by atoms with van der Waals surface area (Å²) in [7, 11) is 1.57. The molecule has 74 valence electrons. The lowest BCUT2D eigenvalue weighted by atomic mass is 10.1. The maximum Gasteiger partial charge on any atom is 0.166 e. The summed E-state index contributed by atoms with van der Waals surface area (Å²) < 4.78 is 6.19. The maximum atomic E-state index is 9.93. The third-order valence-electron chi connectivity index (χ3n) is 2.35. The van der Waals surface area contributed by atoms with E-state index in [2.05, 4.69) is 12.3 Å². The Balaban J connectivity index is 2.77. The van der Waals surface area contributed by atoms with Crippen molar-refractivity contribution in [3.05, 3.63) is 23.1 Å². The van der Waals surface area contributed by atoms with Gasteiger partial charge in [-0.3, -0.25) is 0 Å². The van der Waals surface area contributed by atoms with Crippen LogP contribution in [0, 0.1) is 0 Å². The summed E-state index contributed by atoms with van der Waals surface area (Å²) in [6.45, 7) is 2.08. The number of ether oxygens (including phenoxy) is 1. The first-order valence-corrected chi connectivity index (χ1v) is 5.42. The van der Waals surface area contributed by atoms with Gasteiger partial charge in [-0.05, 0) is 29.5 Å². The van der Waals surface area contributed by atoms with Crippen LogP contribution in [0.4, 0.5) is 0 Å². The minimum absolute atomic E-state index is 0.267. The molecule has 14 heavy (non-hydrogen) atoms. The standard InChI is InChI=1S/C11H12O2S/c1-3-7-6-14-9-5-4-8(13-2)11(12)10(7)9/h4-6,12H,3H2,1-2H3. The van der Waals surface area contributed by atoms with Gasteiger partial charge in [-0.1, -0.05) is 6.92 Å². The number of methoxy groups -OCH3 is 1. The smallest absolute Gasteiger partial charge is 0.166 e. The Kier molecular flexibility index (Phi) is 2.33. The van der Waals surface area contributed by atoms with E-state index in [4.69, 9.17) is 4.74 Å². The molecule has 2 rings (SSSR count). The van der Waals surface area contributed by atoms with E-state index in [-0.39, 0.29) is 5.75 Å². The van der Waals surface area contributed by atoms with Gasteiger partial charge in [0.2, 0.25) is 0 Å². The minimum Gasteiger partial charge on any atom is -0.504 e. The molecular weight excluding hydrogens is 196 g/mol. The molecule has 1 aromatic carbocycles. The number of phenols is 1. The topological polar surface area (TPSA) is 29.5 Å². The van der Waals surface area contributed by atoms with Crippen LogP contribution in [-0.2, 0) is 6.42 Å². The number of hydrogen-bond donors (Lipinski definition) is 1. The molecule has 0 spiro atoms. The number of fused-ring (bicyclic) bond motifs is 1. The van der Waals surface area contributed by atoms with Crippen molar-refractivity contribution in [2.45, 2.75) is 13.3 Å². The van der Waals surface area contributed by atoms with Crippen molar-refractivity contribution in [2.75, 3.05) is 7.11 Å². The molecule has 0 amide bonds. The largest absolute Gasteiger partial charge is 0.504 e. The molecule has 0 bridgehead atoms. The van der Waals surface area contributed by atoms with Gasteiger partial charge in [-0.25, -0.2) is 0 Å². The van der Waals surface area contributed by atoms with Crippen molar-refractivity contribution in [3.63, 3.8) is 0 Å². The third kappa shape index (κ3) is 1.24. The molecule has 1 N–H and O–H groups in total. The monoisotopic (exact) mass is 208 g/mol. The van der Waals surface area contributed by atoms with Crippen molar-refractivity contribution in [1.29, 1.82) is 0 Å². The van der Waals surface area contributed by atoms with Gasteiger partial charge in [-0.2, -0.15) is 0 Å². The summed E-state index contributed by atoms with van der Waals surface area (Å²) in [4.78, 5) is 0. The molecule has 1 aromatic heterocycles. The molecule has 0 unspecified atom stereocenters. The summed E-state index contributed by atoms with van der Waals surface area (Å²) in [6, 6.07) is 3.78. The lowest BCUT2D eigenvalue weighted by Gasteiger charge is -2.04. The van der Waals surface area contributed by atoms with Gasteiger partial charge in [0.05, 0.1) is 7.11 Å². The molecule has 0 aliphatic carbocycles. The van der Waals surface area contributed by atoms with Gasteiger partial charge >= 0.3 is 0 Å². The Hall–Kier alpha value is -1.22. The van der Waals surface area contributed by atoms with Crippen LogP contribution in [-0.4, -0.2) is 12.2 Å². The Morgan fingerprint density at radius 3 is 2.86 bits per heavy atom. The molecule has 0 saturated heterocycles. The zero-order chi connectivity index (χ0) is 10.1. The van der Waals surface area contributed by atoms with Crippen LogP contribution in [0.1, 0.15) is 12.5 Å². The molecule has 0 aliphatic heterocycles. The van der Waals surface area contributed by atoms with E-state index in [1.54, 1.807) is 24.5 Å². The summed E-state index contributed by atoms with van der Waals surface area (Å²) in [5, 5.41) is 13.0. The molecule has 1 heterocycles. The first kappa shape index (κ1) is 9.34. The molecule has 0 atom stereocenters. The molecule has 0 saturated carbocycles. The van der Waals surface area contributed by atoms with E-state index < -0.39 is 0 Å². The van der Waals surface area contributed by atoms with Crippen LogP contribution < -0.4 is 4.74 Å². The number of hydrogen-bond acceptors (Lipinski definition) is 3. The summed E-state index contributed by atoms with van der Waals surface area (Å²) in [6.07, 6.45) is 0.931. The minimum atomic E-state index is 0.267. The number of rotatable bonds is 2. The van der Waals surface area contributed by atoms with Gasteiger partial charge in [0, 0.05) is 10.1 Å². The van der Waals surface area contributed by atoms with Crippen molar-refractivity contribution >= 4 is 21.4 Å². The number of phenolic OH excluding ortho intramolecular Hbond substituents is 1. The highest BCUT2D eigenvalue weighted by molar-refractivity contribution is 7.17. The fourth-order valence-corrected chi connectivity index (χ4v) is 2.63. The average Bonchev–Trinajstić information content (AvgIpc) is 2.62. The molecule has 0 fully saturated rings. The zero-order valence-corrected chi connectivity index (χ0v) is 9.02. The first-order chi connectivity index (χ1) is 6.77. The summed E-state index contributed by atoms with van der Waals surface area (Å²) in [5.74, 6) is 0.814. The fraction of sp³-hybridized carbons (Fsp3) is 0.273. The highest BCUT2D eigenvalue weighted by Crippen LogP contribution is 2.39. The van der Waals surface area contributed by atoms with E-state index in [1.165, 1.54) is 5.56 Å². The molecule has 2 aromatic rings. The Labute approximate surface area is 86.8 Å². The second-order valence-corrected chi connectivity index (χ2v) is 4.02. The van der Waals surface area contributed by atoms with Crippen LogP contribution >= 0.6 is 11.3 Å². The lowest BCUT2D eigenvalue weighted by molar-refractivity contribution is 0.376. The highest BCUT2D eigenvalue weighted by Gasteiger charge is 2.11. The lowest BCUT2D eigenvalue weighted by Crippen LogP contribution is -1.84. The van der Waals surface area contributed by atoms with Crippen LogP contribution in [0.25, 0.3) is 10.1 Å². The van der Waals surface area contributed by atoms with Crippen LogP contribution in [0.5, 0.6) is 11.5 Å². The van der Waals surface area contributed by atoms with E-state index >= 15 is 0 Å². The van der Waals surface area contributed by atoms with Gasteiger partial charge in [0.1, 0.15) is 0 Å². The Morgan fingerprint density at radius 2 is 2.21 bits per heavy atom. The molecule has 0 radical (unpaired) electrons. The van der Waals surface area contributed by atoms with E-state index in [0.29, 0.717) is 5.75 Å². The average molecular weight is 208 g/mol. The zero-order valence-electron chi connectivity index (χ0n) is 8.20. The van der Waals surface area contributed by atoms with Crippen LogP contribution in [0.3, 0.4) is 0 Å². The third-order valence-corrected chi connectivity index (χ3v) is 3.35. The summed E-state index contributed by atoms with van der Waals surface area (Å²) >= 11 is 1.66. The van der Waals surface area contributed by atoms with Crippen LogP contribution in [0.2, 0.25) is 0 Å². The van der Waals surface area contributed by atoms with Crippen molar-refractivity contribution < 1.29 is 9.84 Å². The number of aromatic hydroxyl groups is 1. The van der Waals surface area contributed by atoms with Crippen molar-refractivity contribution in [2.24, 2.45) is 0 Å². The van der Waals surface area contributed by atoms with Crippen molar-refractivity contribution in [3.8, 4) is 11.5 Å². The fourth-order valence-electron chi connectivity index (χ4n) is 1.58. The van der Waals surface area contributed by atoms with E-state index in [0.717, 1.165) is 16.5 Å². The Bertz CT molecular complexity index is 460. The maximum absolute atomic E-state index is 9.93. The van der Waals surface area contributed by atoms with Gasteiger partial charge in [-0.15, -0.1) is 11.3 Å². The first-order valence-electron chi connectivity index (χ1n) is 4.54. The van der Waals surface area contributed by atoms with Gasteiger partial charge < -0.3 is 9.84 Å². The molecule has 3 heteroatoms. The predicted octanol–water partition coefficient (Wildman–Crippen LogP) is 3.18. The molecule has 0 aliphatic rings. The number of thiophene rings is 1. The van der Waals surface area contributed by atoms with Crippen LogP contribution in [0.15, 0.2) is 17.5 Å². The number of benzene rings is 1. The predicted molar refractivity (Wildman–Crippen MR) is 59.4 cm³/mol. The van der Waals surface area contributed by atoms with Gasteiger partial charge in [0.25, 0.3) is 0 Å². The SMILES string of the molecule is CCc1csc2ccc(OC)c(O)c12.